The van der Waals surface area contributed by atoms with Gasteiger partial charge in [0.25, 0.3) is 5.91 Å². The van der Waals surface area contributed by atoms with Crippen LogP contribution >= 0.6 is 0 Å². The summed E-state index contributed by atoms with van der Waals surface area (Å²) < 4.78 is 0. The average Bonchev–Trinajstić information content (AvgIpc) is 2.66. The molecule has 112 valence electrons. The lowest BCUT2D eigenvalue weighted by atomic mass is 9.87. The molecule has 1 aromatic rings. The molecule has 0 radical (unpaired) electrons. The molecule has 1 fully saturated rings. The summed E-state index contributed by atoms with van der Waals surface area (Å²) in [6.45, 7) is 8.86. The van der Waals surface area contributed by atoms with E-state index in [4.69, 9.17) is 0 Å². The van der Waals surface area contributed by atoms with Gasteiger partial charge in [0.1, 0.15) is 5.70 Å². The fourth-order valence-electron chi connectivity index (χ4n) is 2.24. The maximum absolute atomic E-state index is 12.1. The lowest BCUT2D eigenvalue weighted by Crippen LogP contribution is -2.31. The van der Waals surface area contributed by atoms with Crippen molar-refractivity contribution in [2.75, 3.05) is 6.54 Å². The molecule has 0 unspecified atom stereocenters. The van der Waals surface area contributed by atoms with Gasteiger partial charge in [-0.05, 0) is 29.0 Å². The van der Waals surface area contributed by atoms with Crippen molar-refractivity contribution in [1.29, 1.82) is 0 Å². The van der Waals surface area contributed by atoms with Gasteiger partial charge in [-0.15, -0.1) is 0 Å². The van der Waals surface area contributed by atoms with E-state index >= 15 is 0 Å². The molecule has 21 heavy (non-hydrogen) atoms. The average molecular weight is 286 g/mol. The summed E-state index contributed by atoms with van der Waals surface area (Å²) in [4.78, 5) is 25.1. The Morgan fingerprint density at radius 3 is 2.29 bits per heavy atom. The monoisotopic (exact) mass is 286 g/mol. The first kappa shape index (κ1) is 15.3. The molecular weight excluding hydrogens is 264 g/mol. The van der Waals surface area contributed by atoms with Gasteiger partial charge in [0.2, 0.25) is 0 Å². The van der Waals surface area contributed by atoms with E-state index in [9.17, 15) is 9.59 Å². The number of imide groups is 1. The fraction of sp³-hybridized carbons (Fsp3) is 0.412. The highest BCUT2D eigenvalue weighted by atomic mass is 16.2. The quantitative estimate of drug-likeness (QED) is 0.684. The minimum atomic E-state index is -0.334. The van der Waals surface area contributed by atoms with Gasteiger partial charge in [0, 0.05) is 6.54 Å². The van der Waals surface area contributed by atoms with Gasteiger partial charge >= 0.3 is 6.03 Å². The lowest BCUT2D eigenvalue weighted by molar-refractivity contribution is -0.122. The molecule has 1 N–H and O–H groups in total. The maximum Gasteiger partial charge on any atom is 0.329 e. The first-order valence-corrected chi connectivity index (χ1v) is 7.28. The zero-order valence-electron chi connectivity index (χ0n) is 13.1. The highest BCUT2D eigenvalue weighted by Gasteiger charge is 2.32. The highest BCUT2D eigenvalue weighted by molar-refractivity contribution is 6.13. The Morgan fingerprint density at radius 2 is 1.76 bits per heavy atom. The Hall–Kier alpha value is -2.10. The second-order valence-electron chi connectivity index (χ2n) is 6.32. The largest absolute Gasteiger partial charge is 0.329 e. The molecule has 1 saturated heterocycles. The molecule has 3 amide bonds. The predicted octanol–water partition coefficient (Wildman–Crippen LogP) is 3.29. The Labute approximate surface area is 125 Å². The molecule has 0 spiro atoms. The zero-order valence-corrected chi connectivity index (χ0v) is 13.1. The van der Waals surface area contributed by atoms with Crippen LogP contribution in [0.4, 0.5) is 4.79 Å². The molecule has 0 bridgehead atoms. The maximum atomic E-state index is 12.1. The van der Waals surface area contributed by atoms with Crippen molar-refractivity contribution < 1.29 is 9.59 Å². The van der Waals surface area contributed by atoms with E-state index < -0.39 is 0 Å². The van der Waals surface area contributed by atoms with E-state index in [1.807, 2.05) is 19.1 Å². The zero-order chi connectivity index (χ0) is 15.6. The van der Waals surface area contributed by atoms with Gasteiger partial charge in [0.05, 0.1) is 0 Å². The van der Waals surface area contributed by atoms with Crippen LogP contribution in [0.3, 0.4) is 0 Å². The Bertz CT molecular complexity index is 580. The van der Waals surface area contributed by atoms with Crippen molar-refractivity contribution in [3.05, 3.63) is 41.1 Å². The molecule has 2 rings (SSSR count). The number of hydrogen-bond acceptors (Lipinski definition) is 2. The van der Waals surface area contributed by atoms with Gasteiger partial charge in [-0.25, -0.2) is 4.79 Å². The van der Waals surface area contributed by atoms with Crippen LogP contribution < -0.4 is 5.32 Å². The van der Waals surface area contributed by atoms with Crippen LogP contribution in [0.25, 0.3) is 6.08 Å². The number of amides is 3. The molecule has 4 heteroatoms. The van der Waals surface area contributed by atoms with E-state index in [1.165, 1.54) is 10.5 Å². The topological polar surface area (TPSA) is 49.4 Å². The normalized spacial score (nSPS) is 17.5. The highest BCUT2D eigenvalue weighted by Crippen LogP contribution is 2.23. The van der Waals surface area contributed by atoms with Crippen LogP contribution in [-0.4, -0.2) is 23.4 Å². The summed E-state index contributed by atoms with van der Waals surface area (Å²) in [5.74, 6) is -0.248. The molecule has 0 saturated carbocycles. The van der Waals surface area contributed by atoms with E-state index in [1.54, 1.807) is 6.08 Å². The number of nitrogens with one attached hydrogen (secondary N) is 1. The van der Waals surface area contributed by atoms with Crippen LogP contribution in [0.2, 0.25) is 0 Å². The van der Waals surface area contributed by atoms with Crippen LogP contribution in [0.15, 0.2) is 30.0 Å². The van der Waals surface area contributed by atoms with Gasteiger partial charge in [-0.3, -0.25) is 9.69 Å². The minimum absolute atomic E-state index is 0.0982. The van der Waals surface area contributed by atoms with Gasteiger partial charge in [-0.2, -0.15) is 0 Å². The van der Waals surface area contributed by atoms with Crippen molar-refractivity contribution in [3.63, 3.8) is 0 Å². The summed E-state index contributed by atoms with van der Waals surface area (Å²) in [6.07, 6.45) is 2.48. The second kappa shape index (κ2) is 5.72. The first-order chi connectivity index (χ1) is 9.82. The standard InChI is InChI=1S/C17H22N2O2/c1-5-10-19-15(20)14(18-16(19)21)11-12-6-8-13(9-7-12)17(2,3)4/h6-9,11H,5,10H2,1-4H3,(H,18,21)/b14-11+. The van der Waals surface area contributed by atoms with E-state index in [0.29, 0.717) is 12.2 Å². The molecule has 1 aliphatic rings. The molecule has 1 aliphatic heterocycles. The fourth-order valence-corrected chi connectivity index (χ4v) is 2.24. The molecule has 0 aromatic heterocycles. The third-order valence-electron chi connectivity index (χ3n) is 3.50. The molecule has 0 aliphatic carbocycles. The molecule has 4 nitrogen and oxygen atoms in total. The minimum Gasteiger partial charge on any atom is -0.303 e. The van der Waals surface area contributed by atoms with E-state index in [-0.39, 0.29) is 17.4 Å². The summed E-state index contributed by atoms with van der Waals surface area (Å²) in [5.41, 5.74) is 2.59. The summed E-state index contributed by atoms with van der Waals surface area (Å²) in [6, 6.07) is 7.71. The number of hydrogen-bond donors (Lipinski definition) is 1. The number of nitrogens with zero attached hydrogens (tertiary/aromatic N) is 1. The molecule has 1 heterocycles. The van der Waals surface area contributed by atoms with Crippen LogP contribution in [0.1, 0.15) is 45.2 Å². The summed E-state index contributed by atoms with van der Waals surface area (Å²) in [5, 5.41) is 2.63. The Morgan fingerprint density at radius 1 is 1.14 bits per heavy atom. The second-order valence-corrected chi connectivity index (χ2v) is 6.32. The Balaban J connectivity index is 2.21. The third-order valence-corrected chi connectivity index (χ3v) is 3.50. The number of rotatable bonds is 3. The van der Waals surface area contributed by atoms with Crippen LogP contribution in [0, 0.1) is 0 Å². The number of urea groups is 1. The molecule has 1 aromatic carbocycles. The SMILES string of the molecule is CCCN1C(=O)N/C(=C/c2ccc(C(C)(C)C)cc2)C1=O. The number of carbonyl (C=O) groups excluding carboxylic acids is 2. The predicted molar refractivity (Wildman–Crippen MR) is 83.7 cm³/mol. The van der Waals surface area contributed by atoms with Gasteiger partial charge in [-0.1, -0.05) is 52.0 Å². The van der Waals surface area contributed by atoms with Crippen molar-refractivity contribution in [2.45, 2.75) is 39.5 Å². The van der Waals surface area contributed by atoms with Gasteiger partial charge in [0.15, 0.2) is 0 Å². The number of benzene rings is 1. The number of carbonyl (C=O) groups is 2. The van der Waals surface area contributed by atoms with Crippen molar-refractivity contribution in [1.82, 2.24) is 10.2 Å². The first-order valence-electron chi connectivity index (χ1n) is 7.28. The third kappa shape index (κ3) is 3.32. The summed E-state index contributed by atoms with van der Waals surface area (Å²) in [7, 11) is 0. The molecular formula is C17H22N2O2. The van der Waals surface area contributed by atoms with Crippen LogP contribution in [0.5, 0.6) is 0 Å². The lowest BCUT2D eigenvalue weighted by Gasteiger charge is -2.18. The summed E-state index contributed by atoms with van der Waals surface area (Å²) >= 11 is 0. The smallest absolute Gasteiger partial charge is 0.303 e. The Kier molecular flexibility index (Phi) is 4.16. The van der Waals surface area contributed by atoms with E-state index in [0.717, 1.165) is 12.0 Å². The van der Waals surface area contributed by atoms with Crippen LogP contribution in [-0.2, 0) is 10.2 Å². The van der Waals surface area contributed by atoms with Crippen molar-refractivity contribution in [2.24, 2.45) is 0 Å². The van der Waals surface area contributed by atoms with Crippen molar-refractivity contribution >= 4 is 18.0 Å². The van der Waals surface area contributed by atoms with E-state index in [2.05, 4.69) is 38.2 Å². The van der Waals surface area contributed by atoms with Crippen molar-refractivity contribution in [3.8, 4) is 0 Å². The molecule has 0 atom stereocenters. The van der Waals surface area contributed by atoms with Gasteiger partial charge < -0.3 is 5.32 Å².